The van der Waals surface area contributed by atoms with E-state index in [9.17, 15) is 4.79 Å². The van der Waals surface area contributed by atoms with E-state index < -0.39 is 22.1 Å². The number of carbonyl (C=O) groups excluding carboxylic acids is 1. The Morgan fingerprint density at radius 2 is 1.02 bits per heavy atom. The summed E-state index contributed by atoms with van der Waals surface area (Å²) in [7, 11) is 0.0137. The number of ether oxygens (including phenoxy) is 4. The standard InChI is InChI=1S/C37H43NO5P2/c1-3-41-25-27-43-37(42-26-24-40-2)36(39)38-28-34(44(30-16-8-4-9-17-30)31-18-10-5-11-19-31)35(29-38)45(32-20-12-6-13-21-32)33-22-14-7-15-23-33/h4-23,34-35,37H,3,24-29H2,1-2H3/t34-,35-,37?/m1/s1. The summed E-state index contributed by atoms with van der Waals surface area (Å²) in [6.45, 7) is 5.10. The zero-order valence-corrected chi connectivity index (χ0v) is 27.9. The molecular formula is C37H43NO5P2. The summed E-state index contributed by atoms with van der Waals surface area (Å²) in [4.78, 5) is 16.3. The Bertz CT molecular complexity index is 1240. The largest absolute Gasteiger partial charge is 0.382 e. The fourth-order valence-corrected chi connectivity index (χ4v) is 12.3. The van der Waals surface area contributed by atoms with Crippen LogP contribution in [0.5, 0.6) is 0 Å². The molecule has 0 spiro atoms. The molecule has 6 nitrogen and oxygen atoms in total. The van der Waals surface area contributed by atoms with Gasteiger partial charge in [0, 0.05) is 38.1 Å². The van der Waals surface area contributed by atoms with Gasteiger partial charge in [0.25, 0.3) is 5.91 Å². The number of amides is 1. The van der Waals surface area contributed by atoms with Gasteiger partial charge in [0.1, 0.15) is 0 Å². The Labute approximate surface area is 270 Å². The number of likely N-dealkylation sites (tertiary alicyclic amines) is 1. The molecule has 4 aromatic rings. The highest BCUT2D eigenvalue weighted by Gasteiger charge is 2.46. The van der Waals surface area contributed by atoms with Crippen molar-refractivity contribution in [2.24, 2.45) is 0 Å². The maximum absolute atomic E-state index is 14.3. The Balaban J connectivity index is 1.56. The average molecular weight is 644 g/mol. The molecule has 1 fully saturated rings. The zero-order valence-electron chi connectivity index (χ0n) is 26.1. The molecule has 1 amide bonds. The number of hydrogen-bond donors (Lipinski definition) is 0. The molecule has 0 saturated carbocycles. The molecule has 4 aromatic carbocycles. The predicted octanol–water partition coefficient (Wildman–Crippen LogP) is 4.87. The predicted molar refractivity (Wildman–Crippen MR) is 186 cm³/mol. The van der Waals surface area contributed by atoms with Crippen LogP contribution in [0.3, 0.4) is 0 Å². The first kappa shape index (κ1) is 33.4. The number of rotatable bonds is 16. The zero-order chi connectivity index (χ0) is 31.3. The van der Waals surface area contributed by atoms with Gasteiger partial charge in [-0.05, 0) is 44.0 Å². The Kier molecular flexibility index (Phi) is 13.1. The second-order valence-corrected chi connectivity index (χ2v) is 15.6. The van der Waals surface area contributed by atoms with E-state index in [0.717, 1.165) is 0 Å². The van der Waals surface area contributed by atoms with Crippen LogP contribution in [0.4, 0.5) is 0 Å². The molecule has 0 aliphatic carbocycles. The molecule has 3 atom stereocenters. The van der Waals surface area contributed by atoms with E-state index in [4.69, 9.17) is 18.9 Å². The smallest absolute Gasteiger partial charge is 0.279 e. The summed E-state index contributed by atoms with van der Waals surface area (Å²) in [6.07, 6.45) is -1.01. The first-order valence-electron chi connectivity index (χ1n) is 15.6. The van der Waals surface area contributed by atoms with Gasteiger partial charge >= 0.3 is 0 Å². The lowest BCUT2D eigenvalue weighted by molar-refractivity contribution is -0.186. The third kappa shape index (κ3) is 8.86. The van der Waals surface area contributed by atoms with E-state index in [1.165, 1.54) is 21.2 Å². The van der Waals surface area contributed by atoms with Gasteiger partial charge in [-0.2, -0.15) is 0 Å². The van der Waals surface area contributed by atoms with Crippen LogP contribution in [-0.4, -0.2) is 81.6 Å². The van der Waals surface area contributed by atoms with E-state index in [1.807, 2.05) is 11.8 Å². The molecule has 0 bridgehead atoms. The highest BCUT2D eigenvalue weighted by molar-refractivity contribution is 7.77. The third-order valence-corrected chi connectivity index (χ3v) is 13.9. The average Bonchev–Trinajstić information content (AvgIpc) is 3.52. The van der Waals surface area contributed by atoms with Gasteiger partial charge in [-0.15, -0.1) is 0 Å². The minimum absolute atomic E-state index is 0.137. The molecule has 1 saturated heterocycles. The molecule has 1 aliphatic rings. The number of hydrogen-bond acceptors (Lipinski definition) is 5. The van der Waals surface area contributed by atoms with Crippen molar-refractivity contribution in [2.75, 3.05) is 53.2 Å². The van der Waals surface area contributed by atoms with Crippen molar-refractivity contribution in [1.82, 2.24) is 4.90 Å². The van der Waals surface area contributed by atoms with Gasteiger partial charge in [-0.25, -0.2) is 0 Å². The van der Waals surface area contributed by atoms with Crippen molar-refractivity contribution in [3.8, 4) is 0 Å². The normalized spacial score (nSPS) is 17.2. The quantitative estimate of drug-likeness (QED) is 0.0991. The number of carbonyl (C=O) groups is 1. The summed E-state index contributed by atoms with van der Waals surface area (Å²) in [5.41, 5.74) is 0.423. The van der Waals surface area contributed by atoms with Crippen LogP contribution in [0.15, 0.2) is 121 Å². The summed E-state index contributed by atoms with van der Waals surface area (Å²) >= 11 is 0. The van der Waals surface area contributed by atoms with Gasteiger partial charge in [0.05, 0.1) is 26.4 Å². The molecule has 5 rings (SSSR count). The van der Waals surface area contributed by atoms with Crippen LogP contribution < -0.4 is 21.2 Å². The summed E-state index contributed by atoms with van der Waals surface area (Å²) in [6, 6.07) is 43.3. The second kappa shape index (κ2) is 17.7. The molecule has 0 aromatic heterocycles. The SMILES string of the molecule is CCOCCOC(OCCOC)C(=O)N1C[C@@H](P(c2ccccc2)c2ccccc2)[C@H](P(c2ccccc2)c2ccccc2)C1. The number of benzene rings is 4. The molecule has 1 unspecified atom stereocenters. The second-order valence-electron chi connectivity index (χ2n) is 10.7. The van der Waals surface area contributed by atoms with Gasteiger partial charge in [-0.1, -0.05) is 121 Å². The minimum atomic E-state index is -1.01. The Hall–Kier alpha value is -2.95. The van der Waals surface area contributed by atoms with Crippen LogP contribution >= 0.6 is 15.8 Å². The van der Waals surface area contributed by atoms with Gasteiger partial charge in [0.2, 0.25) is 6.29 Å². The molecular weight excluding hydrogens is 600 g/mol. The van der Waals surface area contributed by atoms with Crippen molar-refractivity contribution in [2.45, 2.75) is 24.5 Å². The lowest BCUT2D eigenvalue weighted by atomic mass is 10.3. The van der Waals surface area contributed by atoms with E-state index in [-0.39, 0.29) is 30.4 Å². The maximum atomic E-state index is 14.3. The molecule has 0 N–H and O–H groups in total. The fraction of sp³-hybridized carbons (Fsp3) is 0.324. The molecule has 0 radical (unpaired) electrons. The van der Waals surface area contributed by atoms with Crippen LogP contribution in [0.25, 0.3) is 0 Å². The van der Waals surface area contributed by atoms with E-state index in [1.54, 1.807) is 7.11 Å². The summed E-state index contributed by atoms with van der Waals surface area (Å²) < 4.78 is 22.7. The van der Waals surface area contributed by atoms with E-state index in [0.29, 0.717) is 32.9 Å². The molecule has 1 heterocycles. The van der Waals surface area contributed by atoms with Gasteiger partial charge in [0.15, 0.2) is 0 Å². The Morgan fingerprint density at radius 1 is 0.644 bits per heavy atom. The van der Waals surface area contributed by atoms with E-state index in [2.05, 4.69) is 121 Å². The fourth-order valence-electron chi connectivity index (χ4n) is 5.81. The summed E-state index contributed by atoms with van der Waals surface area (Å²) in [5, 5.41) is 5.28. The lowest BCUT2D eigenvalue weighted by Crippen LogP contribution is -2.42. The monoisotopic (exact) mass is 643 g/mol. The van der Waals surface area contributed by atoms with Crippen LogP contribution in [0, 0.1) is 0 Å². The number of nitrogens with zero attached hydrogens (tertiary/aromatic N) is 1. The van der Waals surface area contributed by atoms with Crippen molar-refractivity contribution < 1.29 is 23.7 Å². The lowest BCUT2D eigenvalue weighted by Gasteiger charge is -2.34. The minimum Gasteiger partial charge on any atom is -0.382 e. The third-order valence-electron chi connectivity index (χ3n) is 7.83. The Morgan fingerprint density at radius 3 is 1.38 bits per heavy atom. The van der Waals surface area contributed by atoms with E-state index >= 15 is 0 Å². The molecule has 8 heteroatoms. The highest BCUT2D eigenvalue weighted by Crippen LogP contribution is 2.54. The first-order chi connectivity index (χ1) is 22.2. The molecule has 45 heavy (non-hydrogen) atoms. The highest BCUT2D eigenvalue weighted by atomic mass is 31.1. The molecule has 236 valence electrons. The van der Waals surface area contributed by atoms with Crippen LogP contribution in [0.2, 0.25) is 0 Å². The summed E-state index contributed by atoms with van der Waals surface area (Å²) in [5.74, 6) is -0.137. The van der Waals surface area contributed by atoms with Crippen molar-refractivity contribution in [3.63, 3.8) is 0 Å². The maximum Gasteiger partial charge on any atom is 0.279 e. The van der Waals surface area contributed by atoms with Crippen LogP contribution in [0.1, 0.15) is 6.92 Å². The topological polar surface area (TPSA) is 57.2 Å². The number of methoxy groups -OCH3 is 1. The van der Waals surface area contributed by atoms with Gasteiger partial charge in [-0.3, -0.25) is 4.79 Å². The van der Waals surface area contributed by atoms with Gasteiger partial charge < -0.3 is 23.8 Å². The van der Waals surface area contributed by atoms with Crippen molar-refractivity contribution in [3.05, 3.63) is 121 Å². The molecule has 1 aliphatic heterocycles. The van der Waals surface area contributed by atoms with Crippen LogP contribution in [-0.2, 0) is 23.7 Å². The van der Waals surface area contributed by atoms with Crippen molar-refractivity contribution in [1.29, 1.82) is 0 Å². The first-order valence-corrected chi connectivity index (χ1v) is 18.4. The van der Waals surface area contributed by atoms with Crippen molar-refractivity contribution >= 4 is 43.0 Å².